The third kappa shape index (κ3) is 8.67. The van der Waals surface area contributed by atoms with Gasteiger partial charge in [-0.3, -0.25) is 9.79 Å². The van der Waals surface area contributed by atoms with E-state index in [1.807, 2.05) is 49.4 Å². The van der Waals surface area contributed by atoms with Crippen molar-refractivity contribution in [2.75, 3.05) is 47.1 Å². The molecule has 0 spiro atoms. The second-order valence-corrected chi connectivity index (χ2v) is 9.57. The van der Waals surface area contributed by atoms with Gasteiger partial charge in [0.25, 0.3) is 0 Å². The Kier molecular flexibility index (Phi) is 12.6. The quantitative estimate of drug-likeness (QED) is 0.184. The lowest BCUT2D eigenvalue weighted by atomic mass is 9.75. The summed E-state index contributed by atoms with van der Waals surface area (Å²) in [6, 6.07) is 14.6. The average Bonchev–Trinajstić information content (AvgIpc) is 2.99. The van der Waals surface area contributed by atoms with Gasteiger partial charge in [0.15, 0.2) is 0 Å². The number of esters is 2. The van der Waals surface area contributed by atoms with E-state index in [9.17, 15) is 14.7 Å². The number of aliphatic hydroxyl groups excluding tert-OH is 1. The summed E-state index contributed by atoms with van der Waals surface area (Å²) in [5.74, 6) is -0.970. The summed E-state index contributed by atoms with van der Waals surface area (Å²) in [6.07, 6.45) is 3.07. The SMILES string of the molecule is CCOc1ccc(OCC=CCNC[C@H](O)COc2ccccc2)c(C2C(C(=O)OC)=C(C)N=C(C)C2C(=O)OC)c1. The first-order chi connectivity index (χ1) is 20.3. The summed E-state index contributed by atoms with van der Waals surface area (Å²) in [4.78, 5) is 30.4. The molecule has 0 aromatic heterocycles. The molecule has 0 amide bonds. The van der Waals surface area contributed by atoms with Gasteiger partial charge in [0.05, 0.1) is 26.4 Å². The Morgan fingerprint density at radius 3 is 2.45 bits per heavy atom. The predicted octanol–water partition coefficient (Wildman–Crippen LogP) is 3.84. The first-order valence-electron chi connectivity index (χ1n) is 13.8. The lowest BCUT2D eigenvalue weighted by molar-refractivity contribution is -0.143. The Morgan fingerprint density at radius 2 is 1.76 bits per heavy atom. The van der Waals surface area contributed by atoms with Gasteiger partial charge in [0.1, 0.15) is 42.5 Å². The van der Waals surface area contributed by atoms with Crippen LogP contribution >= 0.6 is 0 Å². The number of aliphatic hydroxyl groups is 1. The maximum Gasteiger partial charge on any atom is 0.336 e. The molecular formula is C32H40N2O8. The number of rotatable bonds is 15. The van der Waals surface area contributed by atoms with Gasteiger partial charge in [-0.15, -0.1) is 0 Å². The summed E-state index contributed by atoms with van der Waals surface area (Å²) >= 11 is 0. The number of hydrogen-bond acceptors (Lipinski definition) is 10. The van der Waals surface area contributed by atoms with Gasteiger partial charge in [-0.25, -0.2) is 4.79 Å². The molecule has 0 radical (unpaired) electrons. The van der Waals surface area contributed by atoms with Crippen LogP contribution in [-0.2, 0) is 19.1 Å². The average molecular weight is 581 g/mol. The van der Waals surface area contributed by atoms with Crippen LogP contribution in [-0.4, -0.2) is 76.0 Å². The van der Waals surface area contributed by atoms with E-state index in [-0.39, 0.29) is 18.8 Å². The van der Waals surface area contributed by atoms with E-state index in [0.29, 0.717) is 53.9 Å². The molecule has 3 rings (SSSR count). The number of aliphatic imine (C=N–C) groups is 1. The third-order valence-corrected chi connectivity index (χ3v) is 6.65. The molecule has 0 saturated heterocycles. The summed E-state index contributed by atoms with van der Waals surface area (Å²) in [7, 11) is 2.60. The van der Waals surface area contributed by atoms with E-state index < -0.39 is 29.9 Å². The molecule has 0 fully saturated rings. The maximum atomic E-state index is 13.0. The number of allylic oxidation sites excluding steroid dienone is 1. The number of nitrogens with zero attached hydrogens (tertiary/aromatic N) is 1. The van der Waals surface area contributed by atoms with Gasteiger partial charge in [0.2, 0.25) is 0 Å². The number of benzene rings is 2. The highest BCUT2D eigenvalue weighted by atomic mass is 16.5. The summed E-state index contributed by atoms with van der Waals surface area (Å²) in [5.41, 5.74) is 1.82. The van der Waals surface area contributed by atoms with Crippen molar-refractivity contribution in [3.63, 3.8) is 0 Å². The Bertz CT molecular complexity index is 1290. The van der Waals surface area contributed by atoms with Crippen LogP contribution in [0, 0.1) is 5.92 Å². The third-order valence-electron chi connectivity index (χ3n) is 6.65. The van der Waals surface area contributed by atoms with E-state index in [2.05, 4.69) is 10.3 Å². The number of carbonyl (C=O) groups is 2. The lowest BCUT2D eigenvalue weighted by Gasteiger charge is -2.32. The molecule has 10 heteroatoms. The number of nitrogens with one attached hydrogen (secondary N) is 1. The van der Waals surface area contributed by atoms with Crippen molar-refractivity contribution < 1.29 is 38.4 Å². The smallest absolute Gasteiger partial charge is 0.336 e. The van der Waals surface area contributed by atoms with Crippen LogP contribution in [0.3, 0.4) is 0 Å². The topological polar surface area (TPSA) is 125 Å². The first kappa shape index (κ1) is 32.4. The highest BCUT2D eigenvalue weighted by molar-refractivity contribution is 6.07. The van der Waals surface area contributed by atoms with Gasteiger partial charge in [-0.05, 0) is 51.1 Å². The minimum absolute atomic E-state index is 0.184. The van der Waals surface area contributed by atoms with Crippen molar-refractivity contribution in [2.45, 2.75) is 32.8 Å². The molecule has 1 heterocycles. The van der Waals surface area contributed by atoms with Gasteiger partial charge < -0.3 is 34.1 Å². The van der Waals surface area contributed by atoms with Crippen molar-refractivity contribution in [3.8, 4) is 17.2 Å². The normalized spacial score (nSPS) is 17.4. The van der Waals surface area contributed by atoms with Crippen molar-refractivity contribution >= 4 is 17.7 Å². The zero-order valence-electron chi connectivity index (χ0n) is 24.8. The Labute approximate surface area is 247 Å². The van der Waals surface area contributed by atoms with Gasteiger partial charge >= 0.3 is 11.9 Å². The monoisotopic (exact) mass is 580 g/mol. The molecule has 2 aromatic rings. The zero-order chi connectivity index (χ0) is 30.5. The molecule has 226 valence electrons. The Balaban J connectivity index is 1.71. The molecule has 2 N–H and O–H groups in total. The van der Waals surface area contributed by atoms with E-state index >= 15 is 0 Å². The fourth-order valence-electron chi connectivity index (χ4n) is 4.73. The van der Waals surface area contributed by atoms with Crippen LogP contribution in [0.15, 0.2) is 76.9 Å². The molecule has 1 aliphatic heterocycles. The number of hydrogen-bond donors (Lipinski definition) is 2. The van der Waals surface area contributed by atoms with Crippen LogP contribution in [0.25, 0.3) is 0 Å². The van der Waals surface area contributed by atoms with E-state index in [1.54, 1.807) is 32.0 Å². The molecule has 2 unspecified atom stereocenters. The summed E-state index contributed by atoms with van der Waals surface area (Å²) in [6.45, 7) is 7.04. The maximum absolute atomic E-state index is 13.0. The zero-order valence-corrected chi connectivity index (χ0v) is 24.8. The minimum Gasteiger partial charge on any atom is -0.494 e. The molecule has 1 aliphatic rings. The molecule has 0 aliphatic carbocycles. The molecule has 42 heavy (non-hydrogen) atoms. The number of ether oxygens (including phenoxy) is 5. The largest absolute Gasteiger partial charge is 0.494 e. The van der Waals surface area contributed by atoms with E-state index in [1.165, 1.54) is 14.2 Å². The second kappa shape index (κ2) is 16.3. The number of carbonyl (C=O) groups excluding carboxylic acids is 2. The highest BCUT2D eigenvalue weighted by Gasteiger charge is 2.43. The number of methoxy groups -OCH3 is 2. The van der Waals surface area contributed by atoms with Crippen LogP contribution in [0.1, 0.15) is 32.3 Å². The first-order valence-corrected chi connectivity index (χ1v) is 13.8. The van der Waals surface area contributed by atoms with Gasteiger partial charge in [-0.1, -0.05) is 30.4 Å². The van der Waals surface area contributed by atoms with Crippen LogP contribution < -0.4 is 19.5 Å². The summed E-state index contributed by atoms with van der Waals surface area (Å²) in [5, 5.41) is 13.3. The number of para-hydroxylation sites is 1. The van der Waals surface area contributed by atoms with Crippen LogP contribution in [0.4, 0.5) is 0 Å². The van der Waals surface area contributed by atoms with Crippen molar-refractivity contribution in [3.05, 3.63) is 77.5 Å². The van der Waals surface area contributed by atoms with Gasteiger partial charge in [-0.2, -0.15) is 0 Å². The predicted molar refractivity (Wildman–Crippen MR) is 159 cm³/mol. The molecule has 3 atom stereocenters. The molecule has 0 saturated carbocycles. The van der Waals surface area contributed by atoms with Crippen molar-refractivity contribution in [1.82, 2.24) is 5.32 Å². The second-order valence-electron chi connectivity index (χ2n) is 9.57. The van der Waals surface area contributed by atoms with Crippen LogP contribution in [0.5, 0.6) is 17.2 Å². The molecule has 0 bridgehead atoms. The summed E-state index contributed by atoms with van der Waals surface area (Å²) < 4.78 is 27.6. The lowest BCUT2D eigenvalue weighted by Crippen LogP contribution is -2.36. The van der Waals surface area contributed by atoms with E-state index in [4.69, 9.17) is 23.7 Å². The van der Waals surface area contributed by atoms with Crippen molar-refractivity contribution in [2.24, 2.45) is 10.9 Å². The van der Waals surface area contributed by atoms with Crippen molar-refractivity contribution in [1.29, 1.82) is 0 Å². The Hall–Kier alpha value is -4.15. The fraction of sp³-hybridized carbons (Fsp3) is 0.406. The minimum atomic E-state index is -0.857. The van der Waals surface area contributed by atoms with E-state index in [0.717, 1.165) is 0 Å². The van der Waals surface area contributed by atoms with Gasteiger partial charge in [0, 0.05) is 36.0 Å². The Morgan fingerprint density at radius 1 is 1.00 bits per heavy atom. The fourth-order valence-corrected chi connectivity index (χ4v) is 4.73. The van der Waals surface area contributed by atoms with Crippen LogP contribution in [0.2, 0.25) is 0 Å². The molecule has 2 aromatic carbocycles. The molecule has 10 nitrogen and oxygen atoms in total. The molecular weight excluding hydrogens is 540 g/mol. The highest BCUT2D eigenvalue weighted by Crippen LogP contribution is 2.44. The standard InChI is InChI=1S/C32H40N2O8/c1-6-40-25-14-15-27(41-17-11-10-16-33-19-23(35)20-42-24-12-8-7-9-13-24)26(18-25)30-28(31(36)38-4)21(2)34-22(3)29(30)32(37)39-5/h7-15,18,23,28,30,33,35H,6,16-17,19-20H2,1-5H3/t23-,28?,30?/m0/s1.